The number of benzene rings is 1. The van der Waals surface area contributed by atoms with E-state index in [1.54, 1.807) is 0 Å². The second kappa shape index (κ2) is 7.62. The predicted molar refractivity (Wildman–Crippen MR) is 79.2 cm³/mol. The zero-order valence-corrected chi connectivity index (χ0v) is 12.4. The highest BCUT2D eigenvalue weighted by molar-refractivity contribution is 5.27. The Morgan fingerprint density at radius 2 is 2.15 bits per heavy atom. The zero-order valence-electron chi connectivity index (χ0n) is 12.4. The number of morpholine rings is 1. The molecule has 0 radical (unpaired) electrons. The van der Waals surface area contributed by atoms with Crippen LogP contribution < -0.4 is 4.74 Å². The van der Waals surface area contributed by atoms with Crippen molar-refractivity contribution in [2.24, 2.45) is 0 Å². The number of rotatable bonds is 6. The molecule has 0 spiro atoms. The average Bonchev–Trinajstić information content (AvgIpc) is 2.46. The molecule has 20 heavy (non-hydrogen) atoms. The van der Waals surface area contributed by atoms with Gasteiger partial charge in [0.2, 0.25) is 0 Å². The van der Waals surface area contributed by atoms with Gasteiger partial charge in [0, 0.05) is 19.6 Å². The van der Waals surface area contributed by atoms with E-state index >= 15 is 0 Å². The first-order valence-electron chi connectivity index (χ1n) is 7.41. The third-order valence-corrected chi connectivity index (χ3v) is 3.57. The van der Waals surface area contributed by atoms with Gasteiger partial charge in [0.25, 0.3) is 0 Å². The molecule has 1 N–H and O–H groups in total. The number of hydrogen-bond acceptors (Lipinski definition) is 4. The molecular weight excluding hydrogens is 254 g/mol. The van der Waals surface area contributed by atoms with Gasteiger partial charge in [-0.25, -0.2) is 0 Å². The number of hydrogen-bond donors (Lipinski definition) is 1. The lowest BCUT2D eigenvalue weighted by Gasteiger charge is -2.32. The molecule has 4 nitrogen and oxygen atoms in total. The van der Waals surface area contributed by atoms with Crippen molar-refractivity contribution in [1.29, 1.82) is 0 Å². The molecule has 2 rings (SSSR count). The van der Waals surface area contributed by atoms with Crippen molar-refractivity contribution < 1.29 is 14.6 Å². The van der Waals surface area contributed by atoms with Crippen LogP contribution in [0.15, 0.2) is 24.3 Å². The second-order valence-corrected chi connectivity index (χ2v) is 5.40. The summed E-state index contributed by atoms with van der Waals surface area (Å²) in [6, 6.07) is 8.04. The Bertz CT molecular complexity index is 393. The lowest BCUT2D eigenvalue weighted by atomic mass is 10.2. The van der Waals surface area contributed by atoms with Crippen LogP contribution in [-0.4, -0.2) is 55.1 Å². The molecule has 1 heterocycles. The number of aliphatic hydroxyl groups excluding tert-OH is 1. The summed E-state index contributed by atoms with van der Waals surface area (Å²) in [5.74, 6) is 0.816. The van der Waals surface area contributed by atoms with E-state index in [1.165, 1.54) is 5.56 Å². The summed E-state index contributed by atoms with van der Waals surface area (Å²) in [6.45, 7) is 7.66. The first kappa shape index (κ1) is 15.3. The number of aryl methyl sites for hydroxylation is 1. The SMILES string of the molecule is CCc1ccc(OC[C@@H](O)CN2CCO[C@H](C)C2)cc1. The van der Waals surface area contributed by atoms with Gasteiger partial charge in [-0.3, -0.25) is 4.90 Å². The normalized spacial score (nSPS) is 21.6. The Balaban J connectivity index is 1.72. The standard InChI is InChI=1S/C16H25NO3/c1-3-14-4-6-16(7-5-14)20-12-15(18)11-17-8-9-19-13(2)10-17/h4-7,13,15,18H,3,8-12H2,1-2H3/t13-,15+/m1/s1. The van der Waals surface area contributed by atoms with Gasteiger partial charge in [0.1, 0.15) is 18.5 Å². The van der Waals surface area contributed by atoms with Crippen LogP contribution in [-0.2, 0) is 11.2 Å². The van der Waals surface area contributed by atoms with E-state index in [4.69, 9.17) is 9.47 Å². The maximum absolute atomic E-state index is 10.0. The third kappa shape index (κ3) is 4.78. The Kier molecular flexibility index (Phi) is 5.83. The van der Waals surface area contributed by atoms with E-state index in [9.17, 15) is 5.11 Å². The number of β-amino-alcohol motifs (C(OH)–C–C–N with tert-alkyl or cyclic N) is 1. The molecule has 0 bridgehead atoms. The van der Waals surface area contributed by atoms with E-state index < -0.39 is 6.10 Å². The highest BCUT2D eigenvalue weighted by atomic mass is 16.5. The van der Waals surface area contributed by atoms with E-state index in [0.29, 0.717) is 13.2 Å². The summed E-state index contributed by atoms with van der Waals surface area (Å²) in [4.78, 5) is 2.22. The van der Waals surface area contributed by atoms with Gasteiger partial charge in [0.05, 0.1) is 12.7 Å². The molecule has 1 fully saturated rings. The van der Waals surface area contributed by atoms with E-state index in [2.05, 4.69) is 30.9 Å². The van der Waals surface area contributed by atoms with Crippen LogP contribution in [0, 0.1) is 0 Å². The minimum Gasteiger partial charge on any atom is -0.491 e. The minimum absolute atomic E-state index is 0.249. The summed E-state index contributed by atoms with van der Waals surface area (Å²) in [5.41, 5.74) is 1.29. The molecular formula is C16H25NO3. The smallest absolute Gasteiger partial charge is 0.119 e. The van der Waals surface area contributed by atoms with Crippen LogP contribution in [0.3, 0.4) is 0 Å². The highest BCUT2D eigenvalue weighted by Gasteiger charge is 2.19. The fourth-order valence-corrected chi connectivity index (χ4v) is 2.42. The Hall–Kier alpha value is -1.10. The fraction of sp³-hybridized carbons (Fsp3) is 0.625. The maximum atomic E-state index is 10.0. The van der Waals surface area contributed by atoms with Gasteiger partial charge >= 0.3 is 0 Å². The van der Waals surface area contributed by atoms with Crippen LogP contribution in [0.1, 0.15) is 19.4 Å². The first-order chi connectivity index (χ1) is 9.67. The van der Waals surface area contributed by atoms with Crippen molar-refractivity contribution >= 4 is 0 Å². The Morgan fingerprint density at radius 1 is 1.40 bits per heavy atom. The molecule has 0 aliphatic carbocycles. The van der Waals surface area contributed by atoms with Gasteiger partial charge in [-0.15, -0.1) is 0 Å². The zero-order chi connectivity index (χ0) is 14.4. The summed E-state index contributed by atoms with van der Waals surface area (Å²) >= 11 is 0. The van der Waals surface area contributed by atoms with Crippen molar-refractivity contribution in [3.8, 4) is 5.75 Å². The lowest BCUT2D eigenvalue weighted by Crippen LogP contribution is -2.45. The molecule has 0 unspecified atom stereocenters. The van der Waals surface area contributed by atoms with Crippen LogP contribution >= 0.6 is 0 Å². The summed E-state index contributed by atoms with van der Waals surface area (Å²) in [6.07, 6.45) is 0.808. The molecule has 1 aromatic carbocycles. The van der Waals surface area contributed by atoms with Crippen LogP contribution in [0.5, 0.6) is 5.75 Å². The molecule has 1 aliphatic heterocycles. The van der Waals surface area contributed by atoms with Crippen molar-refractivity contribution in [1.82, 2.24) is 4.90 Å². The van der Waals surface area contributed by atoms with E-state index in [1.807, 2.05) is 12.1 Å². The molecule has 4 heteroatoms. The number of aliphatic hydroxyl groups is 1. The second-order valence-electron chi connectivity index (χ2n) is 5.40. The van der Waals surface area contributed by atoms with Crippen molar-refractivity contribution in [3.05, 3.63) is 29.8 Å². The number of nitrogens with zero attached hydrogens (tertiary/aromatic N) is 1. The van der Waals surface area contributed by atoms with E-state index in [-0.39, 0.29) is 6.10 Å². The molecule has 0 aromatic heterocycles. The van der Waals surface area contributed by atoms with Crippen molar-refractivity contribution in [3.63, 3.8) is 0 Å². The van der Waals surface area contributed by atoms with Crippen LogP contribution in [0.25, 0.3) is 0 Å². The molecule has 1 aromatic rings. The molecule has 0 amide bonds. The van der Waals surface area contributed by atoms with Gasteiger partial charge in [-0.1, -0.05) is 19.1 Å². The first-order valence-corrected chi connectivity index (χ1v) is 7.41. The summed E-state index contributed by atoms with van der Waals surface area (Å²) in [7, 11) is 0. The Morgan fingerprint density at radius 3 is 2.80 bits per heavy atom. The van der Waals surface area contributed by atoms with Crippen LogP contribution in [0.4, 0.5) is 0 Å². The maximum Gasteiger partial charge on any atom is 0.119 e. The highest BCUT2D eigenvalue weighted by Crippen LogP contribution is 2.13. The summed E-state index contributed by atoms with van der Waals surface area (Å²) < 4.78 is 11.1. The molecule has 1 aliphatic rings. The van der Waals surface area contributed by atoms with Gasteiger partial charge in [0.15, 0.2) is 0 Å². The molecule has 1 saturated heterocycles. The third-order valence-electron chi connectivity index (χ3n) is 3.57. The van der Waals surface area contributed by atoms with Crippen LogP contribution in [0.2, 0.25) is 0 Å². The van der Waals surface area contributed by atoms with Gasteiger partial charge in [-0.05, 0) is 31.0 Å². The molecule has 2 atom stereocenters. The lowest BCUT2D eigenvalue weighted by molar-refractivity contribution is -0.0361. The average molecular weight is 279 g/mol. The number of ether oxygens (including phenoxy) is 2. The quantitative estimate of drug-likeness (QED) is 0.861. The monoisotopic (exact) mass is 279 g/mol. The van der Waals surface area contributed by atoms with Crippen molar-refractivity contribution in [2.75, 3.05) is 32.8 Å². The van der Waals surface area contributed by atoms with Crippen molar-refractivity contribution in [2.45, 2.75) is 32.5 Å². The Labute approximate surface area is 121 Å². The molecule has 0 saturated carbocycles. The largest absolute Gasteiger partial charge is 0.491 e. The predicted octanol–water partition coefficient (Wildman–Crippen LogP) is 1.71. The summed E-state index contributed by atoms with van der Waals surface area (Å²) in [5, 5.41) is 10.0. The van der Waals surface area contributed by atoms with Gasteiger partial charge in [-0.2, -0.15) is 0 Å². The fourth-order valence-electron chi connectivity index (χ4n) is 2.42. The topological polar surface area (TPSA) is 41.9 Å². The molecule has 112 valence electrons. The van der Waals surface area contributed by atoms with E-state index in [0.717, 1.165) is 31.9 Å². The minimum atomic E-state index is -0.467. The van der Waals surface area contributed by atoms with Gasteiger partial charge < -0.3 is 14.6 Å².